The molecule has 2 heterocycles. The molecule has 7 heteroatoms. The standard InChI is InChI=1S/C12H17N3O4/c1-12(2,3)19-11(17)13-8-4-6-15(10(8)16)9-5-7-18-14-9/h5,7-8H,4,6H2,1-3H3,(H,13,17)/t8-/m0/s1. The van der Waals surface area contributed by atoms with Crippen molar-refractivity contribution in [3.8, 4) is 0 Å². The molecule has 1 aliphatic rings. The van der Waals surface area contributed by atoms with Crippen LogP contribution in [0.3, 0.4) is 0 Å². The molecule has 19 heavy (non-hydrogen) atoms. The van der Waals surface area contributed by atoms with Gasteiger partial charge in [-0.15, -0.1) is 0 Å². The van der Waals surface area contributed by atoms with Gasteiger partial charge in [-0.2, -0.15) is 0 Å². The molecule has 0 aliphatic carbocycles. The molecule has 0 spiro atoms. The van der Waals surface area contributed by atoms with Gasteiger partial charge < -0.3 is 14.6 Å². The molecule has 7 nitrogen and oxygen atoms in total. The minimum absolute atomic E-state index is 0.209. The fourth-order valence-corrected chi connectivity index (χ4v) is 1.84. The number of carbonyl (C=O) groups excluding carboxylic acids is 2. The Bertz CT molecular complexity index is 464. The van der Waals surface area contributed by atoms with Crippen LogP contribution in [0.25, 0.3) is 0 Å². The second-order valence-electron chi connectivity index (χ2n) is 5.34. The normalized spacial score (nSPS) is 19.6. The molecule has 1 aliphatic heterocycles. The van der Waals surface area contributed by atoms with Gasteiger partial charge in [0.2, 0.25) is 0 Å². The van der Waals surface area contributed by atoms with Crippen molar-refractivity contribution in [1.29, 1.82) is 0 Å². The van der Waals surface area contributed by atoms with E-state index in [4.69, 9.17) is 9.26 Å². The summed E-state index contributed by atoms with van der Waals surface area (Å²) in [6, 6.07) is 1.03. The van der Waals surface area contributed by atoms with Gasteiger partial charge >= 0.3 is 6.09 Å². The molecule has 2 rings (SSSR count). The summed E-state index contributed by atoms with van der Waals surface area (Å²) in [6.45, 7) is 5.80. The molecule has 104 valence electrons. The smallest absolute Gasteiger partial charge is 0.408 e. The fraction of sp³-hybridized carbons (Fsp3) is 0.583. The number of amides is 2. The van der Waals surface area contributed by atoms with Crippen LogP contribution in [-0.2, 0) is 9.53 Å². The van der Waals surface area contributed by atoms with Crippen LogP contribution in [0.2, 0.25) is 0 Å². The van der Waals surface area contributed by atoms with Crippen molar-refractivity contribution in [3.05, 3.63) is 12.3 Å². The highest BCUT2D eigenvalue weighted by Crippen LogP contribution is 2.19. The van der Waals surface area contributed by atoms with Crippen molar-refractivity contribution in [2.45, 2.75) is 38.8 Å². The van der Waals surface area contributed by atoms with E-state index in [1.807, 2.05) is 0 Å². The highest BCUT2D eigenvalue weighted by Gasteiger charge is 2.35. The summed E-state index contributed by atoms with van der Waals surface area (Å²) in [4.78, 5) is 25.2. The van der Waals surface area contributed by atoms with Crippen molar-refractivity contribution < 1.29 is 18.8 Å². The molecule has 0 bridgehead atoms. The zero-order valence-corrected chi connectivity index (χ0v) is 11.2. The SMILES string of the molecule is CC(C)(C)OC(=O)N[C@H]1CCN(c2ccon2)C1=O. The summed E-state index contributed by atoms with van der Waals surface area (Å²) in [5.74, 6) is 0.248. The van der Waals surface area contributed by atoms with E-state index in [-0.39, 0.29) is 5.91 Å². The van der Waals surface area contributed by atoms with Crippen molar-refractivity contribution >= 4 is 17.8 Å². The number of anilines is 1. The minimum atomic E-state index is -0.590. The van der Waals surface area contributed by atoms with E-state index in [1.54, 1.807) is 26.8 Å². The first-order valence-corrected chi connectivity index (χ1v) is 6.08. The number of aromatic nitrogens is 1. The van der Waals surface area contributed by atoms with Crippen molar-refractivity contribution in [2.24, 2.45) is 0 Å². The first kappa shape index (κ1) is 13.4. The molecule has 0 saturated carbocycles. The Morgan fingerprint density at radius 3 is 2.89 bits per heavy atom. The van der Waals surface area contributed by atoms with Crippen LogP contribution in [0.1, 0.15) is 27.2 Å². The number of carbonyl (C=O) groups is 2. The zero-order valence-electron chi connectivity index (χ0n) is 11.2. The molecular formula is C12H17N3O4. The van der Waals surface area contributed by atoms with Gasteiger partial charge in [-0.25, -0.2) is 4.79 Å². The van der Waals surface area contributed by atoms with Gasteiger partial charge in [0.1, 0.15) is 17.9 Å². The Balaban J connectivity index is 1.94. The number of ether oxygens (including phenoxy) is 1. The Kier molecular flexibility index (Phi) is 3.46. The third kappa shape index (κ3) is 3.24. The first-order valence-electron chi connectivity index (χ1n) is 6.08. The second-order valence-corrected chi connectivity index (χ2v) is 5.34. The second kappa shape index (κ2) is 4.91. The fourth-order valence-electron chi connectivity index (χ4n) is 1.84. The third-order valence-electron chi connectivity index (χ3n) is 2.60. The number of nitrogens with zero attached hydrogens (tertiary/aromatic N) is 2. The van der Waals surface area contributed by atoms with Gasteiger partial charge in [0, 0.05) is 12.6 Å². The van der Waals surface area contributed by atoms with Gasteiger partial charge in [0.15, 0.2) is 5.82 Å². The molecule has 0 unspecified atom stereocenters. The van der Waals surface area contributed by atoms with E-state index in [2.05, 4.69) is 10.5 Å². The highest BCUT2D eigenvalue weighted by molar-refractivity contribution is 6.00. The maximum absolute atomic E-state index is 12.1. The maximum atomic E-state index is 12.1. The topological polar surface area (TPSA) is 84.7 Å². The number of hydrogen-bond acceptors (Lipinski definition) is 5. The van der Waals surface area contributed by atoms with Crippen LogP contribution < -0.4 is 10.2 Å². The summed E-state index contributed by atoms with van der Waals surface area (Å²) >= 11 is 0. The number of nitrogens with one attached hydrogen (secondary N) is 1. The molecule has 0 radical (unpaired) electrons. The average Bonchev–Trinajstić information content (AvgIpc) is 2.87. The van der Waals surface area contributed by atoms with Crippen LogP contribution in [0, 0.1) is 0 Å². The summed E-state index contributed by atoms with van der Waals surface area (Å²) in [5, 5.41) is 6.27. The van der Waals surface area contributed by atoms with E-state index in [1.165, 1.54) is 11.2 Å². The van der Waals surface area contributed by atoms with E-state index >= 15 is 0 Å². The van der Waals surface area contributed by atoms with Crippen molar-refractivity contribution in [3.63, 3.8) is 0 Å². The highest BCUT2D eigenvalue weighted by atomic mass is 16.6. The van der Waals surface area contributed by atoms with E-state index in [0.717, 1.165) is 0 Å². The molecule has 1 saturated heterocycles. The van der Waals surface area contributed by atoms with Crippen LogP contribution in [-0.4, -0.2) is 35.3 Å². The van der Waals surface area contributed by atoms with Gasteiger partial charge in [-0.05, 0) is 27.2 Å². The quantitative estimate of drug-likeness (QED) is 0.873. The zero-order chi connectivity index (χ0) is 14.0. The Morgan fingerprint density at radius 2 is 2.32 bits per heavy atom. The van der Waals surface area contributed by atoms with Crippen LogP contribution >= 0.6 is 0 Å². The van der Waals surface area contributed by atoms with E-state index in [0.29, 0.717) is 18.8 Å². The molecule has 0 aromatic carbocycles. The maximum Gasteiger partial charge on any atom is 0.408 e. The number of rotatable bonds is 2. The van der Waals surface area contributed by atoms with Crippen LogP contribution in [0.15, 0.2) is 16.9 Å². The summed E-state index contributed by atoms with van der Waals surface area (Å²) in [6.07, 6.45) is 1.33. The molecule has 1 aromatic rings. The number of hydrogen-bond donors (Lipinski definition) is 1. The Labute approximate surface area is 110 Å². The van der Waals surface area contributed by atoms with Crippen LogP contribution in [0.4, 0.5) is 10.6 Å². The lowest BCUT2D eigenvalue weighted by Gasteiger charge is -2.21. The molecule has 1 fully saturated rings. The van der Waals surface area contributed by atoms with Gasteiger partial charge in [0.05, 0.1) is 0 Å². The minimum Gasteiger partial charge on any atom is -0.444 e. The predicted octanol–water partition coefficient (Wildman–Crippen LogP) is 1.30. The molecule has 1 N–H and O–H groups in total. The largest absolute Gasteiger partial charge is 0.444 e. The third-order valence-corrected chi connectivity index (χ3v) is 2.60. The Morgan fingerprint density at radius 1 is 1.58 bits per heavy atom. The lowest BCUT2D eigenvalue weighted by molar-refractivity contribution is -0.118. The molecule has 1 atom stereocenters. The van der Waals surface area contributed by atoms with E-state index < -0.39 is 17.7 Å². The molecular weight excluding hydrogens is 250 g/mol. The lowest BCUT2D eigenvalue weighted by atomic mass is 10.2. The predicted molar refractivity (Wildman–Crippen MR) is 66.6 cm³/mol. The van der Waals surface area contributed by atoms with Crippen molar-refractivity contribution in [2.75, 3.05) is 11.4 Å². The number of alkyl carbamates (subject to hydrolysis) is 1. The summed E-state index contributed by atoms with van der Waals surface area (Å²) < 4.78 is 9.82. The molecule has 2 amide bonds. The van der Waals surface area contributed by atoms with Crippen LogP contribution in [0.5, 0.6) is 0 Å². The summed E-state index contributed by atoms with van der Waals surface area (Å²) in [5.41, 5.74) is -0.586. The van der Waals surface area contributed by atoms with Crippen molar-refractivity contribution in [1.82, 2.24) is 10.5 Å². The lowest BCUT2D eigenvalue weighted by Crippen LogP contribution is -2.43. The average molecular weight is 267 g/mol. The molecule has 1 aromatic heterocycles. The monoisotopic (exact) mass is 267 g/mol. The first-order chi connectivity index (χ1) is 8.87. The van der Waals surface area contributed by atoms with Gasteiger partial charge in [-0.3, -0.25) is 9.69 Å². The van der Waals surface area contributed by atoms with Gasteiger partial charge in [-0.1, -0.05) is 5.16 Å². The Hall–Kier alpha value is -2.05. The van der Waals surface area contributed by atoms with Gasteiger partial charge in [0.25, 0.3) is 5.91 Å². The van der Waals surface area contributed by atoms with E-state index in [9.17, 15) is 9.59 Å². The summed E-state index contributed by atoms with van der Waals surface area (Å²) in [7, 11) is 0.